The second-order valence-electron chi connectivity index (χ2n) is 16.2. The van der Waals surface area contributed by atoms with Gasteiger partial charge in [0.05, 0.1) is 23.2 Å². The van der Waals surface area contributed by atoms with Crippen LogP contribution in [0, 0.1) is 24.2 Å². The van der Waals surface area contributed by atoms with E-state index in [2.05, 4.69) is 5.32 Å². The maximum atomic E-state index is 14.1. The van der Waals surface area contributed by atoms with Gasteiger partial charge in [-0.15, -0.1) is 0 Å². The van der Waals surface area contributed by atoms with E-state index in [-0.39, 0.29) is 36.5 Å². The number of nitrogens with one attached hydrogen (secondary N) is 1. The average molecular weight is 730 g/mol. The second kappa shape index (κ2) is 15.3. The lowest BCUT2D eigenvalue weighted by molar-refractivity contribution is -0.162. The lowest BCUT2D eigenvalue weighted by atomic mass is 9.82. The molecule has 2 saturated heterocycles. The van der Waals surface area contributed by atoms with E-state index in [1.807, 2.05) is 78.8 Å². The molecule has 8 atom stereocenters. The molecule has 0 radical (unpaired) electrons. The summed E-state index contributed by atoms with van der Waals surface area (Å²) in [6.45, 7) is 17.0. The van der Waals surface area contributed by atoms with Gasteiger partial charge in [0.1, 0.15) is 29.6 Å². The van der Waals surface area contributed by atoms with Crippen molar-refractivity contribution in [1.29, 1.82) is 0 Å². The summed E-state index contributed by atoms with van der Waals surface area (Å²) in [5.41, 5.74) is 0.510. The molecule has 12 heteroatoms. The molecule has 1 aromatic rings. The first-order valence-electron chi connectivity index (χ1n) is 17.8. The number of anilines is 1. The van der Waals surface area contributed by atoms with Crippen molar-refractivity contribution >= 4 is 41.2 Å². The molecule has 0 unspecified atom stereocenters. The van der Waals surface area contributed by atoms with E-state index in [0.717, 1.165) is 16.7 Å². The molecule has 282 valence electrons. The number of carbonyl (C=O) groups is 4. The van der Waals surface area contributed by atoms with Crippen LogP contribution in [-0.4, -0.2) is 83.7 Å². The minimum atomic E-state index is -1.59. The summed E-state index contributed by atoms with van der Waals surface area (Å²) in [6.07, 6.45) is 3.84. The molecule has 0 spiro atoms. The Morgan fingerprint density at radius 1 is 1.22 bits per heavy atom. The molecule has 1 aromatic carbocycles. The quantitative estimate of drug-likeness (QED) is 0.268. The normalized spacial score (nSPS) is 32.4. The minimum absolute atomic E-state index is 0.0544. The number of aliphatic hydroxyl groups is 1. The lowest BCUT2D eigenvalue weighted by Gasteiger charge is -2.41. The van der Waals surface area contributed by atoms with Crippen molar-refractivity contribution in [1.82, 2.24) is 10.2 Å². The molecule has 11 nitrogen and oxygen atoms in total. The highest BCUT2D eigenvalue weighted by molar-refractivity contribution is 6.34. The Morgan fingerprint density at radius 2 is 1.88 bits per heavy atom. The third kappa shape index (κ3) is 9.34. The maximum absolute atomic E-state index is 14.1. The Balaban J connectivity index is 1.71. The number of carbonyl (C=O) groups excluding carboxylic acids is 4. The number of benzene rings is 1. The number of nitrogens with zero attached hydrogens (tertiary/aromatic N) is 2. The van der Waals surface area contributed by atoms with Crippen LogP contribution < -0.4 is 10.2 Å². The maximum Gasteiger partial charge on any atom is 0.409 e. The summed E-state index contributed by atoms with van der Waals surface area (Å²) in [4.78, 5) is 56.4. The minimum Gasteiger partial charge on any atom is -0.457 e. The van der Waals surface area contributed by atoms with Crippen molar-refractivity contribution < 1.29 is 38.5 Å². The fraction of sp³-hybridized carbons (Fsp3) is 0.641. The lowest BCUT2D eigenvalue weighted by Crippen LogP contribution is -2.60. The Kier molecular flexibility index (Phi) is 12.1. The van der Waals surface area contributed by atoms with Gasteiger partial charge in [-0.25, -0.2) is 9.59 Å². The average Bonchev–Trinajstić information content (AvgIpc) is 3.74. The van der Waals surface area contributed by atoms with Gasteiger partial charge < -0.3 is 29.1 Å². The molecule has 3 amide bonds. The largest absolute Gasteiger partial charge is 0.457 e. The number of ether oxygens (including phenoxy) is 3. The van der Waals surface area contributed by atoms with E-state index < -0.39 is 59.6 Å². The molecule has 0 saturated carbocycles. The number of epoxide rings is 1. The molecule has 3 aliphatic rings. The number of esters is 1. The van der Waals surface area contributed by atoms with Crippen LogP contribution in [0.3, 0.4) is 0 Å². The van der Waals surface area contributed by atoms with Gasteiger partial charge in [0, 0.05) is 38.8 Å². The van der Waals surface area contributed by atoms with Crippen LogP contribution in [0.5, 0.6) is 0 Å². The van der Waals surface area contributed by atoms with E-state index in [4.69, 9.17) is 25.8 Å². The number of allylic oxidation sites excluding steroid dienone is 3. The van der Waals surface area contributed by atoms with Crippen LogP contribution in [0.15, 0.2) is 35.9 Å². The van der Waals surface area contributed by atoms with Crippen LogP contribution in [0.4, 0.5) is 10.5 Å². The van der Waals surface area contributed by atoms with Crippen molar-refractivity contribution in [2.45, 2.75) is 130 Å². The molecular formula is C39H56ClN3O8. The predicted octanol–water partition coefficient (Wildman–Crippen LogP) is 6.26. The van der Waals surface area contributed by atoms with Gasteiger partial charge in [-0.2, -0.15) is 0 Å². The smallest absolute Gasteiger partial charge is 0.409 e. The van der Waals surface area contributed by atoms with Crippen LogP contribution >= 0.6 is 11.6 Å². The van der Waals surface area contributed by atoms with Crippen molar-refractivity contribution in [3.05, 3.63) is 52.1 Å². The van der Waals surface area contributed by atoms with Gasteiger partial charge in [-0.05, 0) is 63.1 Å². The van der Waals surface area contributed by atoms with Gasteiger partial charge in [0.25, 0.3) is 0 Å². The molecule has 51 heavy (non-hydrogen) atoms. The van der Waals surface area contributed by atoms with Crippen LogP contribution in [0.1, 0.15) is 92.2 Å². The number of halogens is 1. The molecule has 4 bridgehead atoms. The zero-order valence-electron chi connectivity index (χ0n) is 32.0. The van der Waals surface area contributed by atoms with E-state index in [0.29, 0.717) is 23.6 Å². The summed E-state index contributed by atoms with van der Waals surface area (Å²) in [6, 6.07) is 2.93. The molecular weight excluding hydrogens is 674 g/mol. The zero-order chi connectivity index (χ0) is 38.2. The highest BCUT2D eigenvalue weighted by atomic mass is 35.5. The van der Waals surface area contributed by atoms with Gasteiger partial charge in [-0.3, -0.25) is 14.9 Å². The summed E-state index contributed by atoms with van der Waals surface area (Å²) in [7, 11) is 3.20. The number of alkyl carbamates (subject to hydrolysis) is 1. The summed E-state index contributed by atoms with van der Waals surface area (Å²) in [5, 5.41) is 14.7. The Labute approximate surface area is 307 Å². The van der Waals surface area contributed by atoms with Gasteiger partial charge in [-0.1, -0.05) is 76.1 Å². The Morgan fingerprint density at radius 3 is 2.53 bits per heavy atom. The third-order valence-corrected chi connectivity index (χ3v) is 11.2. The zero-order valence-corrected chi connectivity index (χ0v) is 32.7. The molecule has 2 fully saturated rings. The molecule has 3 aliphatic heterocycles. The highest BCUT2D eigenvalue weighted by Gasteiger charge is 2.64. The number of amides is 3. The molecule has 2 N–H and O–H groups in total. The summed E-state index contributed by atoms with van der Waals surface area (Å²) >= 11 is 6.77. The predicted molar refractivity (Wildman–Crippen MR) is 196 cm³/mol. The van der Waals surface area contributed by atoms with Crippen molar-refractivity contribution in [3.8, 4) is 0 Å². The van der Waals surface area contributed by atoms with Gasteiger partial charge >= 0.3 is 12.1 Å². The Bertz CT molecular complexity index is 1590. The first-order valence-corrected chi connectivity index (χ1v) is 18.2. The van der Waals surface area contributed by atoms with E-state index in [1.165, 1.54) is 9.80 Å². The van der Waals surface area contributed by atoms with Crippen LogP contribution in [0.25, 0.3) is 0 Å². The topological polar surface area (TPSA) is 138 Å². The number of aryl methyl sites for hydroxylation is 1. The standard InChI is InChI=1S/C39H56ClN3O8/c1-22-13-12-14-24(3)39(48)21-29(49-36(47)41-39)25(4)34-38(9,51-34)30(50-35(46)26(5)42(10)31(44)15-16-37(6,7)8)20-32(45)43(11)28-19-27(17-22)18-23(2)33(28)40/h12-14,18-19,24-26,29-30,34,48H,15-17,20-21H2,1-11H3,(H,41,47)/b14-12+,22-13+/t24-,25-,26+,29+,30+,34+,38+,39+/m1/s1. The van der Waals surface area contributed by atoms with Gasteiger partial charge in [0.15, 0.2) is 0 Å². The monoisotopic (exact) mass is 729 g/mol. The number of likely N-dealkylation sites (N-methyl/N-ethyl adjacent to an activating group) is 1. The summed E-state index contributed by atoms with van der Waals surface area (Å²) in [5.74, 6) is -2.14. The number of hydrogen-bond donors (Lipinski definition) is 2. The molecule has 0 aliphatic carbocycles. The SMILES string of the molecule is C/C1=C\C=C\[C@@H](C)[C@@]2(O)C[C@H](OC(=O)N2)[C@@H](C)[C@@H]2O[C@@]2(C)[C@@H](OC(=O)[C@H](C)N(C)C(=O)CCC(C)(C)C)CC(=O)N(C)c2cc(cc(C)c2Cl)C1. The Hall–Kier alpha value is -3.41. The van der Waals surface area contributed by atoms with Crippen molar-refractivity contribution in [2.24, 2.45) is 17.3 Å². The van der Waals surface area contributed by atoms with Crippen LogP contribution in [0.2, 0.25) is 5.02 Å². The summed E-state index contributed by atoms with van der Waals surface area (Å²) < 4.78 is 18.1. The highest BCUT2D eigenvalue weighted by Crippen LogP contribution is 2.49. The second-order valence-corrected chi connectivity index (χ2v) is 16.6. The first kappa shape index (κ1) is 40.4. The number of rotatable bonds is 5. The number of hydrogen-bond acceptors (Lipinski definition) is 8. The van der Waals surface area contributed by atoms with Crippen molar-refractivity contribution in [3.63, 3.8) is 0 Å². The third-order valence-electron chi connectivity index (χ3n) is 10.8. The number of fused-ring (bicyclic) bond motifs is 5. The first-order chi connectivity index (χ1) is 23.6. The molecule has 3 heterocycles. The fourth-order valence-electron chi connectivity index (χ4n) is 6.82. The fourth-order valence-corrected chi connectivity index (χ4v) is 7.05. The van der Waals surface area contributed by atoms with E-state index in [1.54, 1.807) is 27.9 Å². The van der Waals surface area contributed by atoms with Crippen LogP contribution in [-0.2, 0) is 35.0 Å². The van der Waals surface area contributed by atoms with E-state index in [9.17, 15) is 24.3 Å². The molecule has 0 aromatic heterocycles. The van der Waals surface area contributed by atoms with Gasteiger partial charge in [0.2, 0.25) is 11.8 Å². The van der Waals surface area contributed by atoms with Crippen molar-refractivity contribution in [2.75, 3.05) is 19.0 Å². The molecule has 4 rings (SSSR count). The van der Waals surface area contributed by atoms with E-state index >= 15 is 0 Å².